The Kier molecular flexibility index (Phi) is 12.5. The molecule has 0 bridgehead atoms. The highest BCUT2D eigenvalue weighted by molar-refractivity contribution is 9.10. The number of benzene rings is 3. The molecular formula is C44H50BrFN11O4P. The Morgan fingerprint density at radius 2 is 1.65 bits per heavy atom. The van der Waals surface area contributed by atoms with Gasteiger partial charge in [-0.05, 0) is 111 Å². The van der Waals surface area contributed by atoms with Gasteiger partial charge in [0.2, 0.25) is 5.95 Å². The molecule has 0 amide bonds. The van der Waals surface area contributed by atoms with Crippen LogP contribution in [0.5, 0.6) is 5.75 Å². The SMILES string of the molecule is COc1cc(N2CCC(N(C)CC3CCN(c4ccc(-n5ccc(=O)[nH]c5=O)cc4F)CC3)CC2)c(C)cc1Nc1ncc(Br)c(Nc2ccc3nccnc3c2P(C)(C)=O)n1. The number of nitrogens with one attached hydrogen (secondary N) is 3. The van der Waals surface area contributed by atoms with Crippen LogP contribution in [0.2, 0.25) is 0 Å². The van der Waals surface area contributed by atoms with Crippen LogP contribution >= 0.6 is 23.1 Å². The lowest BCUT2D eigenvalue weighted by molar-refractivity contribution is 0.167. The van der Waals surface area contributed by atoms with Crippen molar-refractivity contribution < 1.29 is 13.7 Å². The van der Waals surface area contributed by atoms with E-state index in [9.17, 15) is 14.2 Å². The molecule has 15 nitrogen and oxygen atoms in total. The zero-order valence-electron chi connectivity index (χ0n) is 35.4. The van der Waals surface area contributed by atoms with Gasteiger partial charge in [-0.15, -0.1) is 0 Å². The van der Waals surface area contributed by atoms with Gasteiger partial charge in [0.15, 0.2) is 0 Å². The van der Waals surface area contributed by atoms with Crippen molar-refractivity contribution in [2.24, 2.45) is 5.92 Å². The molecule has 0 radical (unpaired) electrons. The van der Waals surface area contributed by atoms with E-state index in [0.717, 1.165) is 75.3 Å². The second-order valence-electron chi connectivity index (χ2n) is 16.4. The fraction of sp³-hybridized carbons (Fsp3) is 0.364. The molecule has 5 heterocycles. The number of nitrogens with zero attached hydrogens (tertiary/aromatic N) is 8. The Balaban J connectivity index is 0.867. The first-order chi connectivity index (χ1) is 29.7. The minimum absolute atomic E-state index is 0.359. The Morgan fingerprint density at radius 1 is 0.919 bits per heavy atom. The number of H-pyrrole nitrogens is 1. The summed E-state index contributed by atoms with van der Waals surface area (Å²) >= 11 is 3.58. The van der Waals surface area contributed by atoms with Crippen LogP contribution in [0.3, 0.4) is 0 Å². The van der Waals surface area contributed by atoms with Crippen molar-refractivity contribution in [3.63, 3.8) is 0 Å². The molecule has 3 aromatic carbocycles. The van der Waals surface area contributed by atoms with Crippen molar-refractivity contribution in [1.29, 1.82) is 0 Å². The van der Waals surface area contributed by atoms with Crippen molar-refractivity contribution >= 4 is 73.9 Å². The normalized spacial score (nSPS) is 15.4. The van der Waals surface area contributed by atoms with Crippen LogP contribution in [0.4, 0.5) is 38.9 Å². The Bertz CT molecular complexity index is 2780. The summed E-state index contributed by atoms with van der Waals surface area (Å²) in [4.78, 5) is 51.1. The summed E-state index contributed by atoms with van der Waals surface area (Å²) in [5, 5.41) is 7.32. The van der Waals surface area contributed by atoms with Crippen molar-refractivity contribution in [1.82, 2.24) is 34.4 Å². The number of fused-ring (bicyclic) bond motifs is 1. The van der Waals surface area contributed by atoms with Crippen LogP contribution in [0.25, 0.3) is 16.7 Å². The molecule has 2 aliphatic rings. The molecule has 2 saturated heterocycles. The quantitative estimate of drug-likeness (QED) is 0.107. The number of rotatable bonds is 12. The highest BCUT2D eigenvalue weighted by atomic mass is 79.9. The molecule has 0 spiro atoms. The highest BCUT2D eigenvalue weighted by Gasteiger charge is 2.29. The fourth-order valence-corrected chi connectivity index (χ4v) is 10.4. The maximum atomic E-state index is 15.3. The third kappa shape index (κ3) is 9.25. The molecule has 2 fully saturated rings. The van der Waals surface area contributed by atoms with Gasteiger partial charge in [0, 0.05) is 87.4 Å². The summed E-state index contributed by atoms with van der Waals surface area (Å²) in [6, 6.07) is 14.3. The van der Waals surface area contributed by atoms with E-state index in [1.807, 2.05) is 12.1 Å². The molecule has 0 unspecified atom stereocenters. The van der Waals surface area contributed by atoms with E-state index in [4.69, 9.17) is 9.72 Å². The molecule has 3 aromatic heterocycles. The summed E-state index contributed by atoms with van der Waals surface area (Å²) in [6.07, 6.45) is 10.2. The lowest BCUT2D eigenvalue weighted by Crippen LogP contribution is -2.46. The zero-order valence-corrected chi connectivity index (χ0v) is 37.8. The summed E-state index contributed by atoms with van der Waals surface area (Å²) in [5.41, 5.74) is 4.65. The number of piperidine rings is 2. The van der Waals surface area contributed by atoms with Gasteiger partial charge in [0.05, 0.1) is 45.2 Å². The van der Waals surface area contributed by atoms with Crippen LogP contribution in [-0.4, -0.2) is 101 Å². The fourth-order valence-electron chi connectivity index (χ4n) is 8.70. The van der Waals surface area contributed by atoms with Crippen molar-refractivity contribution in [3.8, 4) is 11.4 Å². The highest BCUT2D eigenvalue weighted by Crippen LogP contribution is 2.42. The zero-order chi connectivity index (χ0) is 43.7. The van der Waals surface area contributed by atoms with Crippen LogP contribution in [0.1, 0.15) is 31.2 Å². The van der Waals surface area contributed by atoms with Gasteiger partial charge in [-0.1, -0.05) is 0 Å². The van der Waals surface area contributed by atoms with Gasteiger partial charge < -0.3 is 34.6 Å². The number of ether oxygens (including phenoxy) is 1. The molecule has 18 heteroatoms. The molecule has 2 aliphatic heterocycles. The van der Waals surface area contributed by atoms with Crippen molar-refractivity contribution in [3.05, 3.63) is 110 Å². The first-order valence-corrected chi connectivity index (χ1v) is 24.0. The van der Waals surface area contributed by atoms with E-state index in [1.54, 1.807) is 51.2 Å². The molecule has 0 aliphatic carbocycles. The molecular weight excluding hydrogens is 876 g/mol. The minimum atomic E-state index is -2.78. The number of anilines is 6. The largest absolute Gasteiger partial charge is 0.494 e. The number of hydrogen-bond donors (Lipinski definition) is 3. The van der Waals surface area contributed by atoms with E-state index in [2.05, 4.69) is 87.3 Å². The second-order valence-corrected chi connectivity index (χ2v) is 20.4. The number of methoxy groups -OCH3 is 1. The van der Waals surface area contributed by atoms with Crippen molar-refractivity contribution in [2.75, 3.05) is 80.6 Å². The van der Waals surface area contributed by atoms with Crippen molar-refractivity contribution in [2.45, 2.75) is 38.6 Å². The maximum absolute atomic E-state index is 15.3. The van der Waals surface area contributed by atoms with Gasteiger partial charge in [-0.25, -0.2) is 14.2 Å². The van der Waals surface area contributed by atoms with E-state index in [1.165, 1.54) is 22.9 Å². The number of halogens is 2. The Hall–Kier alpha value is -5.64. The van der Waals surface area contributed by atoms with E-state index >= 15 is 4.39 Å². The summed E-state index contributed by atoms with van der Waals surface area (Å²) in [7, 11) is 1.11. The molecule has 324 valence electrons. The van der Waals surface area contributed by atoms with Crippen LogP contribution in [-0.2, 0) is 4.57 Å². The van der Waals surface area contributed by atoms with E-state index in [-0.39, 0.29) is 0 Å². The minimum Gasteiger partial charge on any atom is -0.494 e. The van der Waals surface area contributed by atoms with E-state index in [0.29, 0.717) is 67.3 Å². The predicted octanol–water partition coefficient (Wildman–Crippen LogP) is 7.03. The van der Waals surface area contributed by atoms with Gasteiger partial charge >= 0.3 is 5.69 Å². The Labute approximate surface area is 367 Å². The number of aromatic amines is 1. The summed E-state index contributed by atoms with van der Waals surface area (Å²) in [6.45, 7) is 9.88. The third-order valence-corrected chi connectivity index (χ3v) is 14.0. The average Bonchev–Trinajstić information content (AvgIpc) is 3.25. The monoisotopic (exact) mass is 925 g/mol. The van der Waals surface area contributed by atoms with Crippen LogP contribution < -0.4 is 41.7 Å². The van der Waals surface area contributed by atoms with Gasteiger partial charge in [0.1, 0.15) is 30.0 Å². The molecule has 6 aromatic rings. The number of hydrogen-bond acceptors (Lipinski definition) is 13. The second kappa shape index (κ2) is 18.0. The van der Waals surface area contributed by atoms with Gasteiger partial charge in [-0.2, -0.15) is 4.98 Å². The first kappa shape index (κ1) is 43.0. The standard InChI is InChI=1S/C44H50BrFN11O4P/c1-27-22-35(51-43-49-25-31(45)42(53-43)50-34-8-7-33-40(48-16-15-47-33)41(34)62(4,5)60)38(61-3)24-37(27)56-19-12-29(13-20-56)54(2)26-28-10-17-55(18-11-28)36-9-6-30(23-32(36)46)57-21-14-39(58)52-44(57)59/h6-9,14-16,21-25,28-29H,10-13,17-20,26H2,1-5H3,(H,52,58,59)(H2,49,50,51,53). The van der Waals surface area contributed by atoms with Gasteiger partial charge in [-0.3, -0.25) is 24.3 Å². The van der Waals surface area contributed by atoms with Gasteiger partial charge in [0.25, 0.3) is 5.56 Å². The predicted molar refractivity (Wildman–Crippen MR) is 248 cm³/mol. The third-order valence-electron chi connectivity index (χ3n) is 11.9. The lowest BCUT2D eigenvalue weighted by Gasteiger charge is -2.41. The lowest BCUT2D eigenvalue weighted by atomic mass is 9.94. The van der Waals surface area contributed by atoms with Crippen LogP contribution in [0, 0.1) is 18.7 Å². The number of aryl methyl sites for hydroxylation is 1. The maximum Gasteiger partial charge on any atom is 0.332 e. The number of aromatic nitrogens is 6. The molecule has 3 N–H and O–H groups in total. The molecule has 62 heavy (non-hydrogen) atoms. The smallest absolute Gasteiger partial charge is 0.332 e. The molecule has 0 atom stereocenters. The first-order valence-electron chi connectivity index (χ1n) is 20.6. The Morgan fingerprint density at radius 3 is 2.35 bits per heavy atom. The van der Waals surface area contributed by atoms with Crippen LogP contribution in [0.15, 0.2) is 87.4 Å². The van der Waals surface area contributed by atoms with E-state index < -0.39 is 24.2 Å². The summed E-state index contributed by atoms with van der Waals surface area (Å²) in [5.74, 6) is 1.65. The topological polar surface area (TPSA) is 166 Å². The molecule has 8 rings (SSSR count). The summed E-state index contributed by atoms with van der Waals surface area (Å²) < 4.78 is 36.6. The average molecular weight is 927 g/mol. The molecule has 0 saturated carbocycles.